The quantitative estimate of drug-likeness (QED) is 0.574. The summed E-state index contributed by atoms with van der Waals surface area (Å²) in [7, 11) is 0. The molecule has 0 atom stereocenters. The van der Waals surface area contributed by atoms with Gasteiger partial charge in [-0.05, 0) is 52.2 Å². The van der Waals surface area contributed by atoms with Crippen LogP contribution in [0.2, 0.25) is 5.02 Å². The molecule has 0 aliphatic carbocycles. The van der Waals surface area contributed by atoms with Crippen molar-refractivity contribution in [2.45, 2.75) is 19.8 Å². The van der Waals surface area contributed by atoms with Crippen molar-refractivity contribution in [2.24, 2.45) is 5.10 Å². The maximum atomic E-state index is 12.2. The Bertz CT molecular complexity index is 683. The first kappa shape index (κ1) is 16.7. The van der Waals surface area contributed by atoms with Crippen LogP contribution < -0.4 is 5.43 Å². The third-order valence-corrected chi connectivity index (χ3v) is 4.02. The van der Waals surface area contributed by atoms with Gasteiger partial charge in [0.15, 0.2) is 0 Å². The standard InChI is InChI=1S/C17H16BrClN2O/c1-2-5-16(12-8-10-13(19)11-9-12)20-21-17(22)14-6-3-4-7-15(14)18/h3-4,6-11H,2,5H2,1H3,(H,21,22)/b20-16+. The molecule has 1 amide bonds. The highest BCUT2D eigenvalue weighted by Crippen LogP contribution is 2.16. The second-order valence-corrected chi connectivity index (χ2v) is 6.03. The fourth-order valence-electron chi connectivity index (χ4n) is 1.97. The first-order chi connectivity index (χ1) is 10.6. The molecule has 0 heterocycles. The first-order valence-corrected chi connectivity index (χ1v) is 8.16. The Morgan fingerprint density at radius 3 is 2.50 bits per heavy atom. The Hall–Kier alpha value is -1.65. The third-order valence-electron chi connectivity index (χ3n) is 3.08. The van der Waals surface area contributed by atoms with Crippen molar-refractivity contribution in [3.8, 4) is 0 Å². The zero-order valence-corrected chi connectivity index (χ0v) is 14.5. The minimum Gasteiger partial charge on any atom is -0.267 e. The molecule has 0 aromatic heterocycles. The van der Waals surface area contributed by atoms with Gasteiger partial charge in [0.2, 0.25) is 0 Å². The lowest BCUT2D eigenvalue weighted by molar-refractivity contribution is 0.0954. The van der Waals surface area contributed by atoms with Gasteiger partial charge in [-0.2, -0.15) is 5.10 Å². The van der Waals surface area contributed by atoms with Crippen molar-refractivity contribution in [1.82, 2.24) is 5.43 Å². The smallest absolute Gasteiger partial charge is 0.267 e. The van der Waals surface area contributed by atoms with E-state index in [2.05, 4.69) is 33.4 Å². The zero-order chi connectivity index (χ0) is 15.9. The lowest BCUT2D eigenvalue weighted by Gasteiger charge is -2.07. The van der Waals surface area contributed by atoms with Crippen molar-refractivity contribution in [3.05, 3.63) is 69.2 Å². The maximum absolute atomic E-state index is 12.2. The molecule has 0 radical (unpaired) electrons. The topological polar surface area (TPSA) is 41.5 Å². The average molecular weight is 380 g/mol. The Labute approximate surface area is 143 Å². The van der Waals surface area contributed by atoms with E-state index in [0.717, 1.165) is 28.6 Å². The molecule has 2 rings (SSSR count). The Morgan fingerprint density at radius 2 is 1.86 bits per heavy atom. The number of rotatable bonds is 5. The number of hydrogen-bond donors (Lipinski definition) is 1. The largest absolute Gasteiger partial charge is 0.272 e. The van der Waals surface area contributed by atoms with Gasteiger partial charge in [0.1, 0.15) is 0 Å². The maximum Gasteiger partial charge on any atom is 0.272 e. The Balaban J connectivity index is 2.18. The van der Waals surface area contributed by atoms with E-state index >= 15 is 0 Å². The van der Waals surface area contributed by atoms with Gasteiger partial charge in [-0.25, -0.2) is 5.43 Å². The van der Waals surface area contributed by atoms with E-state index in [0.29, 0.717) is 10.6 Å². The summed E-state index contributed by atoms with van der Waals surface area (Å²) in [5, 5.41) is 4.96. The summed E-state index contributed by atoms with van der Waals surface area (Å²) in [6.45, 7) is 2.07. The number of benzene rings is 2. The summed E-state index contributed by atoms with van der Waals surface area (Å²) < 4.78 is 0.742. The molecule has 0 saturated heterocycles. The highest BCUT2D eigenvalue weighted by molar-refractivity contribution is 9.10. The number of amides is 1. The van der Waals surface area contributed by atoms with E-state index in [-0.39, 0.29) is 5.91 Å². The van der Waals surface area contributed by atoms with Crippen molar-refractivity contribution < 1.29 is 4.79 Å². The molecule has 0 saturated carbocycles. The van der Waals surface area contributed by atoms with Gasteiger partial charge in [0.05, 0.1) is 11.3 Å². The lowest BCUT2D eigenvalue weighted by atomic mass is 10.1. The van der Waals surface area contributed by atoms with Crippen LogP contribution in [-0.2, 0) is 0 Å². The molecule has 0 unspecified atom stereocenters. The monoisotopic (exact) mass is 378 g/mol. The number of hydrogen-bond acceptors (Lipinski definition) is 2. The number of hydrazone groups is 1. The normalized spacial score (nSPS) is 11.3. The van der Waals surface area contributed by atoms with Crippen molar-refractivity contribution >= 4 is 39.1 Å². The molecule has 0 spiro atoms. The lowest BCUT2D eigenvalue weighted by Crippen LogP contribution is -2.20. The summed E-state index contributed by atoms with van der Waals surface area (Å²) in [5.41, 5.74) is 4.97. The predicted octanol–water partition coefficient (Wildman–Crippen LogP) is 5.04. The van der Waals surface area contributed by atoms with E-state index in [1.807, 2.05) is 42.5 Å². The van der Waals surface area contributed by atoms with Gasteiger partial charge < -0.3 is 0 Å². The molecule has 114 valence electrons. The van der Waals surface area contributed by atoms with Gasteiger partial charge in [-0.1, -0.05) is 49.2 Å². The second kappa shape index (κ2) is 8.11. The molecule has 1 N–H and O–H groups in total. The number of carbonyl (C=O) groups excluding carboxylic acids is 1. The van der Waals surface area contributed by atoms with Crippen molar-refractivity contribution in [1.29, 1.82) is 0 Å². The van der Waals surface area contributed by atoms with Crippen molar-refractivity contribution in [2.75, 3.05) is 0 Å². The van der Waals surface area contributed by atoms with E-state index in [4.69, 9.17) is 11.6 Å². The van der Waals surface area contributed by atoms with E-state index < -0.39 is 0 Å². The molecular weight excluding hydrogens is 364 g/mol. The molecule has 22 heavy (non-hydrogen) atoms. The molecular formula is C17H16BrClN2O. The minimum absolute atomic E-state index is 0.241. The molecule has 5 heteroatoms. The first-order valence-electron chi connectivity index (χ1n) is 6.99. The van der Waals surface area contributed by atoms with Crippen LogP contribution in [0.25, 0.3) is 0 Å². The number of nitrogens with one attached hydrogen (secondary N) is 1. The predicted molar refractivity (Wildman–Crippen MR) is 94.5 cm³/mol. The summed E-state index contributed by atoms with van der Waals surface area (Å²) in [6, 6.07) is 14.7. The fourth-order valence-corrected chi connectivity index (χ4v) is 2.56. The van der Waals surface area contributed by atoms with Crippen molar-refractivity contribution in [3.63, 3.8) is 0 Å². The Kier molecular flexibility index (Phi) is 6.16. The second-order valence-electron chi connectivity index (χ2n) is 4.74. The van der Waals surface area contributed by atoms with Gasteiger partial charge in [0.25, 0.3) is 5.91 Å². The highest BCUT2D eigenvalue weighted by Gasteiger charge is 2.09. The van der Waals surface area contributed by atoms with E-state index in [1.165, 1.54) is 0 Å². The van der Waals surface area contributed by atoms with E-state index in [9.17, 15) is 4.79 Å². The summed E-state index contributed by atoms with van der Waals surface area (Å²) in [5.74, 6) is -0.241. The zero-order valence-electron chi connectivity index (χ0n) is 12.1. The highest BCUT2D eigenvalue weighted by atomic mass is 79.9. The third kappa shape index (κ3) is 4.42. The van der Waals surface area contributed by atoms with Gasteiger partial charge in [0, 0.05) is 9.50 Å². The summed E-state index contributed by atoms with van der Waals surface area (Å²) in [4.78, 5) is 12.2. The van der Waals surface area contributed by atoms with Crippen LogP contribution in [0.4, 0.5) is 0 Å². The van der Waals surface area contributed by atoms with Gasteiger partial charge in [-0.3, -0.25) is 4.79 Å². The van der Waals surface area contributed by atoms with Crippen LogP contribution in [0.15, 0.2) is 58.1 Å². The summed E-state index contributed by atoms with van der Waals surface area (Å²) >= 11 is 9.27. The average Bonchev–Trinajstić information content (AvgIpc) is 2.52. The van der Waals surface area contributed by atoms with Crippen LogP contribution in [0.5, 0.6) is 0 Å². The molecule has 2 aromatic rings. The van der Waals surface area contributed by atoms with Crippen LogP contribution in [0, 0.1) is 0 Å². The SMILES string of the molecule is CCC/C(=N\NC(=O)c1ccccc1Br)c1ccc(Cl)cc1. The minimum atomic E-state index is -0.241. The molecule has 3 nitrogen and oxygen atoms in total. The van der Waals surface area contributed by atoms with Gasteiger partial charge >= 0.3 is 0 Å². The van der Waals surface area contributed by atoms with E-state index in [1.54, 1.807) is 6.07 Å². The molecule has 0 fully saturated rings. The molecule has 0 aliphatic rings. The fraction of sp³-hybridized carbons (Fsp3) is 0.176. The van der Waals surface area contributed by atoms with Crippen LogP contribution in [0.1, 0.15) is 35.7 Å². The van der Waals surface area contributed by atoms with Crippen LogP contribution in [-0.4, -0.2) is 11.6 Å². The molecule has 2 aromatic carbocycles. The van der Waals surface area contributed by atoms with Crippen LogP contribution >= 0.6 is 27.5 Å². The van der Waals surface area contributed by atoms with Crippen LogP contribution in [0.3, 0.4) is 0 Å². The number of nitrogens with zero attached hydrogens (tertiary/aromatic N) is 1. The number of halogens is 2. The Morgan fingerprint density at radius 1 is 1.18 bits per heavy atom. The molecule has 0 aliphatic heterocycles. The summed E-state index contributed by atoms with van der Waals surface area (Å²) in [6.07, 6.45) is 1.71. The molecule has 0 bridgehead atoms. The number of carbonyl (C=O) groups is 1. The van der Waals surface area contributed by atoms with Gasteiger partial charge in [-0.15, -0.1) is 0 Å².